The van der Waals surface area contributed by atoms with E-state index in [-0.39, 0.29) is 31.6 Å². The van der Waals surface area contributed by atoms with Crippen LogP contribution in [0.15, 0.2) is 120 Å². The quantitative estimate of drug-likeness (QED) is 0.161. The van der Waals surface area contributed by atoms with Gasteiger partial charge in [0.25, 0.3) is 10.1 Å². The Morgan fingerprint density at radius 2 is 1.22 bits per heavy atom. The first-order valence-electron chi connectivity index (χ1n) is 15.4. The van der Waals surface area contributed by atoms with E-state index in [0.717, 1.165) is 16.7 Å². The van der Waals surface area contributed by atoms with Crippen molar-refractivity contribution in [3.63, 3.8) is 0 Å². The third kappa shape index (κ3) is 8.94. The zero-order chi connectivity index (χ0) is 32.4. The van der Waals surface area contributed by atoms with E-state index in [4.69, 9.17) is 24.5 Å². The Kier molecular flexibility index (Phi) is 10.8. The van der Waals surface area contributed by atoms with Crippen molar-refractivity contribution >= 4 is 15.9 Å². The van der Waals surface area contributed by atoms with Crippen molar-refractivity contribution in [1.82, 2.24) is 0 Å². The van der Waals surface area contributed by atoms with Crippen molar-refractivity contribution in [2.75, 3.05) is 6.61 Å². The van der Waals surface area contributed by atoms with E-state index in [1.807, 2.05) is 91.0 Å². The molecule has 1 unspecified atom stereocenters. The summed E-state index contributed by atoms with van der Waals surface area (Å²) in [7, 11) is -4.39. The molecule has 1 fully saturated rings. The van der Waals surface area contributed by atoms with Crippen molar-refractivity contribution in [2.24, 2.45) is 0 Å². The van der Waals surface area contributed by atoms with Crippen molar-refractivity contribution < 1.29 is 37.7 Å². The van der Waals surface area contributed by atoms with Gasteiger partial charge in [-0.2, -0.15) is 8.42 Å². The van der Waals surface area contributed by atoms with Gasteiger partial charge in [0.2, 0.25) is 0 Å². The maximum atomic E-state index is 13.6. The van der Waals surface area contributed by atoms with Gasteiger partial charge in [-0.15, -0.1) is 0 Å². The van der Waals surface area contributed by atoms with Crippen LogP contribution in [0.1, 0.15) is 30.5 Å². The lowest BCUT2D eigenvalue weighted by Crippen LogP contribution is -2.63. The minimum absolute atomic E-state index is 0.00756. The fraction of sp³-hybridized carbons (Fsp3) is 0.306. The summed E-state index contributed by atoms with van der Waals surface area (Å²) in [5, 5.41) is 0. The Labute approximate surface area is 266 Å². The second kappa shape index (κ2) is 15.5. The molecule has 1 aliphatic rings. The van der Waals surface area contributed by atoms with Crippen LogP contribution in [0.2, 0.25) is 0 Å². The predicted octanol–water partition coefficient (Wildman–Crippen LogP) is 5.81. The van der Waals surface area contributed by atoms with Gasteiger partial charge in [0.15, 0.2) is 5.78 Å². The summed E-state index contributed by atoms with van der Waals surface area (Å²) >= 11 is 0. The van der Waals surface area contributed by atoms with Crippen molar-refractivity contribution in [2.45, 2.75) is 69.1 Å². The van der Waals surface area contributed by atoms with E-state index in [9.17, 15) is 13.2 Å². The molecule has 4 aromatic carbocycles. The third-order valence-electron chi connectivity index (χ3n) is 7.45. The fourth-order valence-corrected chi connectivity index (χ4v) is 6.21. The molecule has 5 atom stereocenters. The summed E-state index contributed by atoms with van der Waals surface area (Å²) in [4.78, 5) is 13.0. The van der Waals surface area contributed by atoms with Crippen molar-refractivity contribution in [1.29, 1.82) is 0 Å². The molecule has 5 rings (SSSR count). The molecule has 4 aromatic rings. The number of aryl methyl sites for hydroxylation is 1. The normalized spacial score (nSPS) is 22.1. The Bertz CT molecular complexity index is 1620. The number of hydrogen-bond donors (Lipinski definition) is 0. The van der Waals surface area contributed by atoms with Crippen LogP contribution in [0, 0.1) is 6.90 Å². The minimum atomic E-state index is -4.39. The molecule has 45 heavy (non-hydrogen) atoms. The van der Waals surface area contributed by atoms with Gasteiger partial charge >= 0.3 is 0 Å². The van der Waals surface area contributed by atoms with Crippen molar-refractivity contribution in [3.05, 3.63) is 138 Å². The van der Waals surface area contributed by atoms with Gasteiger partial charge in [-0.25, -0.2) is 0 Å². The zero-order valence-electron chi connectivity index (χ0n) is 26.1. The van der Waals surface area contributed by atoms with Gasteiger partial charge in [-0.3, -0.25) is 8.98 Å². The summed E-state index contributed by atoms with van der Waals surface area (Å²) in [6.45, 7) is 1.98. The summed E-state index contributed by atoms with van der Waals surface area (Å²) < 4.78 is 65.9. The number of carbonyl (C=O) groups is 1. The summed E-state index contributed by atoms with van der Waals surface area (Å²) in [5.41, 5.74) is 3.35. The van der Waals surface area contributed by atoms with Crippen LogP contribution in [0.5, 0.6) is 0 Å². The molecule has 9 heteroatoms. The van der Waals surface area contributed by atoms with Gasteiger partial charge in [-0.05, 0) is 42.6 Å². The summed E-state index contributed by atoms with van der Waals surface area (Å²) in [6.07, 6.45) is -5.36. The van der Waals surface area contributed by atoms with E-state index in [1.54, 1.807) is 12.1 Å². The number of benzene rings is 4. The Morgan fingerprint density at radius 3 is 1.73 bits per heavy atom. The number of rotatable bonds is 14. The van der Waals surface area contributed by atoms with Crippen LogP contribution in [-0.4, -0.2) is 51.3 Å². The average Bonchev–Trinajstić information content (AvgIpc) is 3.08. The Balaban J connectivity index is 1.48. The maximum absolute atomic E-state index is 13.6. The number of carbonyl (C=O) groups excluding carboxylic acids is 1. The van der Waals surface area contributed by atoms with E-state index in [0.29, 0.717) is 12.2 Å². The van der Waals surface area contributed by atoms with E-state index in [2.05, 4.69) is 0 Å². The van der Waals surface area contributed by atoms with E-state index >= 15 is 0 Å². The molecule has 8 nitrogen and oxygen atoms in total. The molecule has 0 saturated carbocycles. The topological polar surface area (TPSA) is 97.4 Å². The van der Waals surface area contributed by atoms with Crippen LogP contribution in [0.3, 0.4) is 0 Å². The highest BCUT2D eigenvalue weighted by molar-refractivity contribution is 7.86. The first kappa shape index (κ1) is 31.3. The Morgan fingerprint density at radius 1 is 0.711 bits per heavy atom. The third-order valence-corrected chi connectivity index (χ3v) is 8.77. The molecule has 1 heterocycles. The molecular weight excluding hydrogens is 592 g/mol. The number of ketones is 1. The summed E-state index contributed by atoms with van der Waals surface area (Å²) in [5.74, 6) is -0.423. The fourth-order valence-electron chi connectivity index (χ4n) is 5.13. The second-order valence-corrected chi connectivity index (χ2v) is 12.5. The second-order valence-electron chi connectivity index (χ2n) is 10.9. The first-order chi connectivity index (χ1) is 22.3. The molecule has 0 amide bonds. The molecule has 0 spiro atoms. The predicted molar refractivity (Wildman–Crippen MR) is 169 cm³/mol. The van der Waals surface area contributed by atoms with Crippen LogP contribution in [0.4, 0.5) is 0 Å². The molecule has 0 aliphatic carbocycles. The minimum Gasteiger partial charge on any atom is -0.374 e. The molecule has 1 aliphatic heterocycles. The van der Waals surface area contributed by atoms with Gasteiger partial charge in [0, 0.05) is 1.37 Å². The molecule has 0 radical (unpaired) electrons. The average molecular weight is 632 g/mol. The smallest absolute Gasteiger partial charge is 0.297 e. The lowest BCUT2D eigenvalue weighted by Gasteiger charge is -2.45. The highest BCUT2D eigenvalue weighted by atomic mass is 32.2. The van der Waals surface area contributed by atoms with Crippen LogP contribution < -0.4 is 0 Å². The van der Waals surface area contributed by atoms with Gasteiger partial charge in [-0.1, -0.05) is 109 Å². The lowest BCUT2D eigenvalue weighted by molar-refractivity contribution is -0.250. The molecule has 0 bridgehead atoms. The van der Waals surface area contributed by atoms with Gasteiger partial charge in [0.05, 0.1) is 31.3 Å². The Hall–Kier alpha value is -3.70. The molecular formula is C36H38O8S. The highest BCUT2D eigenvalue weighted by Gasteiger charge is 2.51. The van der Waals surface area contributed by atoms with Crippen LogP contribution in [0.25, 0.3) is 0 Å². The maximum Gasteiger partial charge on any atom is 0.297 e. The van der Waals surface area contributed by atoms with Gasteiger partial charge < -0.3 is 18.9 Å². The van der Waals surface area contributed by atoms with E-state index < -0.39 is 46.4 Å². The largest absolute Gasteiger partial charge is 0.374 e. The standard InChI is InChI=1S/C36H38O8S/c1-26-18-20-31(21-19-26)45(38,39)44-36-33(27(2)37)43-32(25-40-22-28-12-6-3-7-13-28)34(41-23-29-14-8-4-9-15-29)35(36)42-24-30-16-10-5-11-17-30/h3-21,32-36H,22-25H2,1-2H3/t32-,33?,34-,35+,36-/m1/s1/i1D. The van der Waals surface area contributed by atoms with Crippen molar-refractivity contribution in [3.8, 4) is 0 Å². The van der Waals surface area contributed by atoms with E-state index in [1.165, 1.54) is 19.1 Å². The highest BCUT2D eigenvalue weighted by Crippen LogP contribution is 2.33. The number of ether oxygens (including phenoxy) is 4. The van der Waals surface area contributed by atoms with Crippen LogP contribution >= 0.6 is 0 Å². The molecule has 1 saturated heterocycles. The lowest BCUT2D eigenvalue weighted by atomic mass is 9.92. The number of Topliss-reactive ketones (excluding diaryl/α,β-unsaturated/α-hetero) is 1. The molecule has 0 N–H and O–H groups in total. The monoisotopic (exact) mass is 631 g/mol. The molecule has 236 valence electrons. The number of hydrogen-bond acceptors (Lipinski definition) is 8. The SMILES string of the molecule is [2H]Cc1ccc(S(=O)(=O)O[C@@H]2C(C(C)=O)O[C@H](COCc3ccccc3)[C@@H](OCc3ccccc3)[C@@H]2OCc2ccccc2)cc1. The zero-order valence-corrected chi connectivity index (χ0v) is 25.9. The molecule has 0 aromatic heterocycles. The van der Waals surface area contributed by atoms with Crippen LogP contribution in [-0.2, 0) is 57.9 Å². The van der Waals surface area contributed by atoms with Gasteiger partial charge in [0.1, 0.15) is 30.5 Å². The first-order valence-corrected chi connectivity index (χ1v) is 16.1. The summed E-state index contributed by atoms with van der Waals surface area (Å²) in [6, 6.07) is 34.5.